The van der Waals surface area contributed by atoms with Crippen LogP contribution in [0.2, 0.25) is 0 Å². The van der Waals surface area contributed by atoms with Gasteiger partial charge in [0.1, 0.15) is 12.4 Å². The molecule has 0 aromatic heterocycles. The van der Waals surface area contributed by atoms with Gasteiger partial charge in [0.05, 0.1) is 5.69 Å². The highest BCUT2D eigenvalue weighted by Crippen LogP contribution is 2.20. The number of nitrogens with two attached hydrogens (primary N) is 3. The Morgan fingerprint density at radius 1 is 1.28 bits per heavy atom. The molecule has 0 atom stereocenters. The minimum Gasteiger partial charge on any atom is -0.488 e. The Bertz CT molecular complexity index is 457. The molecule has 0 saturated heterocycles. The molecule has 6 N–H and O–H groups in total. The van der Waals surface area contributed by atoms with Gasteiger partial charge in [-0.15, -0.1) is 0 Å². The van der Waals surface area contributed by atoms with E-state index in [-0.39, 0.29) is 17.7 Å². The van der Waals surface area contributed by atoms with Crippen molar-refractivity contribution >= 4 is 17.6 Å². The van der Waals surface area contributed by atoms with E-state index in [0.29, 0.717) is 5.69 Å². The van der Waals surface area contributed by atoms with Gasteiger partial charge in [-0.05, 0) is 12.1 Å². The van der Waals surface area contributed by atoms with Crippen molar-refractivity contribution < 1.29 is 13.5 Å². The summed E-state index contributed by atoms with van der Waals surface area (Å²) in [5.41, 5.74) is 16.0. The van der Waals surface area contributed by atoms with Gasteiger partial charge in [0, 0.05) is 6.07 Å². The van der Waals surface area contributed by atoms with Crippen LogP contribution in [0.1, 0.15) is 0 Å². The summed E-state index contributed by atoms with van der Waals surface area (Å²) in [7, 11) is 0. The maximum atomic E-state index is 12.0. The van der Waals surface area contributed by atoms with Crippen molar-refractivity contribution in [3.63, 3.8) is 0 Å². The van der Waals surface area contributed by atoms with Gasteiger partial charge in [-0.1, -0.05) is 6.07 Å². The molecule has 0 fully saturated rings. The number of hydrogen-bond donors (Lipinski definition) is 3. The molecule has 1 aromatic carbocycles. The number of aliphatic imine (C=N–C) groups is 2. The molecule has 0 radical (unpaired) electrons. The van der Waals surface area contributed by atoms with Crippen LogP contribution in [0.3, 0.4) is 0 Å². The predicted octanol–water partition coefficient (Wildman–Crippen LogP) is 0.550. The molecule has 0 spiro atoms. The lowest BCUT2D eigenvalue weighted by Gasteiger charge is -2.05. The maximum Gasteiger partial charge on any atom is 0.272 e. The number of nitrogens with zero attached hydrogens (tertiary/aromatic N) is 2. The molecular weight excluding hydrogens is 244 g/mol. The lowest BCUT2D eigenvalue weighted by Crippen LogP contribution is -2.26. The van der Waals surface area contributed by atoms with Crippen LogP contribution in [0.25, 0.3) is 0 Å². The average molecular weight is 257 g/mol. The molecule has 0 aliphatic rings. The van der Waals surface area contributed by atoms with Crippen molar-refractivity contribution in [1.82, 2.24) is 0 Å². The van der Waals surface area contributed by atoms with Gasteiger partial charge in [0.15, 0.2) is 5.96 Å². The molecule has 0 aliphatic carbocycles. The van der Waals surface area contributed by atoms with Gasteiger partial charge in [-0.25, -0.2) is 13.8 Å². The summed E-state index contributed by atoms with van der Waals surface area (Å²) in [5.74, 6) is -0.101. The first-order valence-corrected chi connectivity index (χ1v) is 4.92. The largest absolute Gasteiger partial charge is 0.488 e. The van der Waals surface area contributed by atoms with Crippen LogP contribution in [0.5, 0.6) is 5.75 Å². The summed E-state index contributed by atoms with van der Waals surface area (Å²) in [6.45, 7) is -0.684. The maximum absolute atomic E-state index is 12.0. The Balaban J connectivity index is 2.79. The fraction of sp³-hybridized carbons (Fsp3) is 0.200. The second-order valence-corrected chi connectivity index (χ2v) is 3.21. The van der Waals surface area contributed by atoms with Gasteiger partial charge < -0.3 is 21.9 Å². The molecule has 0 bridgehead atoms. The molecule has 0 unspecified atom stereocenters. The van der Waals surface area contributed by atoms with Crippen molar-refractivity contribution in [2.45, 2.75) is 6.43 Å². The van der Waals surface area contributed by atoms with E-state index in [4.69, 9.17) is 21.9 Å². The molecule has 0 saturated carbocycles. The summed E-state index contributed by atoms with van der Waals surface area (Å²) in [5, 5.41) is 0. The minimum absolute atomic E-state index is 0.138. The van der Waals surface area contributed by atoms with Gasteiger partial charge in [-0.3, -0.25) is 0 Å². The first kappa shape index (κ1) is 13.7. The Morgan fingerprint density at radius 3 is 2.61 bits per heavy atom. The van der Waals surface area contributed by atoms with E-state index >= 15 is 0 Å². The Labute approximate surface area is 102 Å². The normalized spacial score (nSPS) is 11.4. The van der Waals surface area contributed by atoms with E-state index in [1.807, 2.05) is 0 Å². The van der Waals surface area contributed by atoms with Crippen LogP contribution in [0.15, 0.2) is 34.3 Å². The van der Waals surface area contributed by atoms with Gasteiger partial charge >= 0.3 is 0 Å². The zero-order valence-electron chi connectivity index (χ0n) is 9.38. The van der Waals surface area contributed by atoms with Crippen molar-refractivity contribution in [1.29, 1.82) is 0 Å². The second kappa shape index (κ2) is 6.38. The van der Waals surface area contributed by atoms with E-state index in [0.717, 1.165) is 0 Å². The zero-order valence-corrected chi connectivity index (χ0v) is 9.38. The lowest BCUT2D eigenvalue weighted by atomic mass is 10.3. The highest BCUT2D eigenvalue weighted by molar-refractivity contribution is 5.93. The molecule has 1 aromatic rings. The Hall–Kier alpha value is -2.38. The van der Waals surface area contributed by atoms with Gasteiger partial charge in [0.25, 0.3) is 6.43 Å². The third kappa shape index (κ3) is 5.10. The fourth-order valence-corrected chi connectivity index (χ4v) is 1.09. The predicted molar refractivity (Wildman–Crippen MR) is 65.0 cm³/mol. The van der Waals surface area contributed by atoms with Crippen LogP contribution in [0.4, 0.5) is 14.5 Å². The molecule has 8 heteroatoms. The van der Waals surface area contributed by atoms with Crippen molar-refractivity contribution in [2.75, 3.05) is 6.61 Å². The van der Waals surface area contributed by atoms with E-state index in [2.05, 4.69) is 9.98 Å². The average Bonchev–Trinajstić information content (AvgIpc) is 2.25. The summed E-state index contributed by atoms with van der Waals surface area (Å²) in [6.07, 6.45) is -2.54. The molecule has 98 valence electrons. The SMILES string of the molecule is NC(N)=NC(N)=Nc1cccc(OCC(F)F)c1. The van der Waals surface area contributed by atoms with Crippen molar-refractivity contribution in [2.24, 2.45) is 27.2 Å². The minimum atomic E-state index is -2.54. The Kier molecular flexibility index (Phi) is 4.85. The van der Waals surface area contributed by atoms with Crippen LogP contribution in [-0.4, -0.2) is 25.0 Å². The number of benzene rings is 1. The van der Waals surface area contributed by atoms with Gasteiger partial charge in [0.2, 0.25) is 5.96 Å². The van der Waals surface area contributed by atoms with Crippen LogP contribution >= 0.6 is 0 Å². The highest BCUT2D eigenvalue weighted by atomic mass is 19.3. The first-order chi connectivity index (χ1) is 8.47. The Morgan fingerprint density at radius 2 is 2.00 bits per heavy atom. The van der Waals surface area contributed by atoms with E-state index < -0.39 is 13.0 Å². The molecular formula is C10H13F2N5O. The number of guanidine groups is 2. The molecule has 1 rings (SSSR count). The number of rotatable bonds is 4. The van der Waals surface area contributed by atoms with E-state index in [1.54, 1.807) is 12.1 Å². The van der Waals surface area contributed by atoms with Gasteiger partial charge in [-0.2, -0.15) is 4.99 Å². The summed E-state index contributed by atoms with van der Waals surface area (Å²) >= 11 is 0. The summed E-state index contributed by atoms with van der Waals surface area (Å²) in [4.78, 5) is 7.38. The van der Waals surface area contributed by atoms with Crippen LogP contribution in [0, 0.1) is 0 Å². The number of hydrogen-bond acceptors (Lipinski definition) is 2. The smallest absolute Gasteiger partial charge is 0.272 e. The lowest BCUT2D eigenvalue weighted by molar-refractivity contribution is 0.0819. The van der Waals surface area contributed by atoms with Crippen LogP contribution < -0.4 is 21.9 Å². The molecule has 0 aliphatic heterocycles. The van der Waals surface area contributed by atoms with E-state index in [1.165, 1.54) is 12.1 Å². The standard InChI is InChI=1S/C10H13F2N5O/c11-8(12)5-18-7-3-1-2-6(4-7)16-10(15)17-9(13)14/h1-4,8H,5H2,(H6,13,14,15,16,17). The fourth-order valence-electron chi connectivity index (χ4n) is 1.09. The third-order valence-corrected chi connectivity index (χ3v) is 1.68. The van der Waals surface area contributed by atoms with E-state index in [9.17, 15) is 8.78 Å². The number of ether oxygens (including phenoxy) is 1. The quantitative estimate of drug-likeness (QED) is 0.540. The number of alkyl halides is 2. The molecule has 0 amide bonds. The topological polar surface area (TPSA) is 112 Å². The second-order valence-electron chi connectivity index (χ2n) is 3.21. The molecule has 6 nitrogen and oxygen atoms in total. The first-order valence-electron chi connectivity index (χ1n) is 4.92. The zero-order chi connectivity index (χ0) is 13.5. The summed E-state index contributed by atoms with van der Waals surface area (Å²) in [6, 6.07) is 6.16. The summed E-state index contributed by atoms with van der Waals surface area (Å²) < 4.78 is 28.7. The van der Waals surface area contributed by atoms with Crippen LogP contribution in [-0.2, 0) is 0 Å². The monoisotopic (exact) mass is 257 g/mol. The van der Waals surface area contributed by atoms with Crippen molar-refractivity contribution in [3.8, 4) is 5.75 Å². The third-order valence-electron chi connectivity index (χ3n) is 1.68. The van der Waals surface area contributed by atoms with Crippen molar-refractivity contribution in [3.05, 3.63) is 24.3 Å². The molecule has 18 heavy (non-hydrogen) atoms. The number of halogens is 2. The molecule has 0 heterocycles. The highest BCUT2D eigenvalue weighted by Gasteiger charge is 2.03.